The van der Waals surface area contributed by atoms with E-state index in [1.54, 1.807) is 33.9 Å². The van der Waals surface area contributed by atoms with Gasteiger partial charge < -0.3 is 4.42 Å². The topological polar surface area (TPSA) is 48.0 Å². The Bertz CT molecular complexity index is 1210. The van der Waals surface area contributed by atoms with Crippen LogP contribution in [0.1, 0.15) is 34.6 Å². The largest absolute Gasteiger partial charge is 0.467 e. The molecule has 4 nitrogen and oxygen atoms in total. The van der Waals surface area contributed by atoms with Gasteiger partial charge in [0.05, 0.1) is 18.2 Å². The first-order valence-corrected chi connectivity index (χ1v) is 12.2. The van der Waals surface area contributed by atoms with E-state index >= 15 is 0 Å². The molecular formula is C22H19BrN2O2S2. The fourth-order valence-corrected chi connectivity index (χ4v) is 6.28. The minimum Gasteiger partial charge on any atom is -0.467 e. The molecule has 0 unspecified atom stereocenters. The normalized spacial score (nSPS) is 13.7. The number of halogens is 1. The van der Waals surface area contributed by atoms with Crippen molar-refractivity contribution in [2.45, 2.75) is 43.1 Å². The first-order chi connectivity index (χ1) is 14.2. The predicted octanol–water partition coefficient (Wildman–Crippen LogP) is 6.03. The van der Waals surface area contributed by atoms with Crippen molar-refractivity contribution >= 4 is 49.2 Å². The molecule has 5 rings (SSSR count). The van der Waals surface area contributed by atoms with Gasteiger partial charge in [-0.15, -0.1) is 11.3 Å². The van der Waals surface area contributed by atoms with Crippen molar-refractivity contribution in [1.82, 2.24) is 9.55 Å². The molecule has 0 saturated heterocycles. The Labute approximate surface area is 185 Å². The van der Waals surface area contributed by atoms with Crippen LogP contribution in [0.2, 0.25) is 0 Å². The van der Waals surface area contributed by atoms with Crippen molar-refractivity contribution in [3.05, 3.63) is 79.3 Å². The highest BCUT2D eigenvalue weighted by molar-refractivity contribution is 9.10. The minimum atomic E-state index is 0.0594. The summed E-state index contributed by atoms with van der Waals surface area (Å²) >= 11 is 6.78. The molecule has 7 heteroatoms. The maximum absolute atomic E-state index is 13.5. The van der Waals surface area contributed by atoms with Gasteiger partial charge in [0, 0.05) is 15.1 Å². The second kappa shape index (κ2) is 8.13. The van der Waals surface area contributed by atoms with E-state index in [1.165, 1.54) is 22.4 Å². The van der Waals surface area contributed by atoms with Crippen LogP contribution >= 0.6 is 39.0 Å². The number of thioether (sulfide) groups is 1. The quantitative estimate of drug-likeness (QED) is 0.255. The number of rotatable bonds is 5. The average Bonchev–Trinajstić information content (AvgIpc) is 3.37. The lowest BCUT2D eigenvalue weighted by atomic mass is 9.97. The van der Waals surface area contributed by atoms with Gasteiger partial charge in [-0.25, -0.2) is 4.98 Å². The lowest BCUT2D eigenvalue weighted by Gasteiger charge is -2.13. The molecule has 0 aliphatic heterocycles. The zero-order chi connectivity index (χ0) is 19.8. The molecule has 0 spiro atoms. The Morgan fingerprint density at radius 1 is 1.17 bits per heavy atom. The third kappa shape index (κ3) is 3.83. The van der Waals surface area contributed by atoms with E-state index in [0.29, 0.717) is 6.54 Å². The molecule has 0 radical (unpaired) electrons. The van der Waals surface area contributed by atoms with Crippen molar-refractivity contribution < 1.29 is 4.42 Å². The third-order valence-electron chi connectivity index (χ3n) is 5.22. The fraction of sp³-hybridized carbons (Fsp3) is 0.273. The minimum absolute atomic E-state index is 0.0594. The van der Waals surface area contributed by atoms with E-state index in [-0.39, 0.29) is 5.56 Å². The van der Waals surface area contributed by atoms with Gasteiger partial charge in [0.15, 0.2) is 5.16 Å². The van der Waals surface area contributed by atoms with E-state index in [2.05, 4.69) is 28.1 Å². The molecule has 0 N–H and O–H groups in total. The summed E-state index contributed by atoms with van der Waals surface area (Å²) in [6.07, 6.45) is 6.04. The third-order valence-corrected chi connectivity index (χ3v) is 7.98. The van der Waals surface area contributed by atoms with Gasteiger partial charge in [0.1, 0.15) is 10.6 Å². The molecule has 1 aliphatic carbocycles. The highest BCUT2D eigenvalue weighted by Crippen LogP contribution is 2.35. The Morgan fingerprint density at radius 3 is 2.79 bits per heavy atom. The SMILES string of the molecule is O=c1c2c3c(sc2nc(SCc2ccc(Br)cc2)n1Cc1ccco1)CCCC3. The first kappa shape index (κ1) is 19.2. The van der Waals surface area contributed by atoms with Gasteiger partial charge in [0.2, 0.25) is 0 Å². The summed E-state index contributed by atoms with van der Waals surface area (Å²) in [6, 6.07) is 12.0. The Morgan fingerprint density at radius 2 is 2.00 bits per heavy atom. The van der Waals surface area contributed by atoms with Crippen molar-refractivity contribution in [3.8, 4) is 0 Å². The van der Waals surface area contributed by atoms with Crippen LogP contribution in [-0.2, 0) is 25.1 Å². The second-order valence-electron chi connectivity index (χ2n) is 7.17. The number of hydrogen-bond acceptors (Lipinski definition) is 5. The molecule has 148 valence electrons. The second-order valence-corrected chi connectivity index (χ2v) is 10.1. The number of aryl methyl sites for hydroxylation is 2. The van der Waals surface area contributed by atoms with Gasteiger partial charge >= 0.3 is 0 Å². The van der Waals surface area contributed by atoms with Crippen molar-refractivity contribution in [2.24, 2.45) is 0 Å². The number of aromatic nitrogens is 2. The van der Waals surface area contributed by atoms with Crippen molar-refractivity contribution in [3.63, 3.8) is 0 Å². The van der Waals surface area contributed by atoms with Crippen LogP contribution in [-0.4, -0.2) is 9.55 Å². The molecule has 4 aromatic rings. The Hall–Kier alpha value is -1.83. The van der Waals surface area contributed by atoms with Crippen molar-refractivity contribution in [2.75, 3.05) is 0 Å². The number of fused-ring (bicyclic) bond motifs is 3. The summed E-state index contributed by atoms with van der Waals surface area (Å²) in [6.45, 7) is 0.405. The van der Waals surface area contributed by atoms with Crippen LogP contribution in [0.5, 0.6) is 0 Å². The predicted molar refractivity (Wildman–Crippen MR) is 122 cm³/mol. The molecule has 1 aliphatic rings. The molecule has 0 fully saturated rings. The molecule has 0 saturated carbocycles. The van der Waals surface area contributed by atoms with E-state index in [1.807, 2.05) is 24.3 Å². The Kier molecular flexibility index (Phi) is 5.37. The lowest BCUT2D eigenvalue weighted by Crippen LogP contribution is -2.24. The Balaban J connectivity index is 1.58. The van der Waals surface area contributed by atoms with Crippen LogP contribution in [0.15, 0.2) is 61.5 Å². The van der Waals surface area contributed by atoms with Gasteiger partial charge in [-0.1, -0.05) is 39.8 Å². The smallest absolute Gasteiger partial charge is 0.263 e. The zero-order valence-corrected chi connectivity index (χ0v) is 18.9. The fourth-order valence-electron chi connectivity index (χ4n) is 3.76. The maximum atomic E-state index is 13.5. The summed E-state index contributed by atoms with van der Waals surface area (Å²) in [5.41, 5.74) is 2.48. The van der Waals surface area contributed by atoms with Crippen LogP contribution in [0.3, 0.4) is 0 Å². The molecular weight excluding hydrogens is 468 g/mol. The number of thiophene rings is 1. The van der Waals surface area contributed by atoms with Crippen LogP contribution < -0.4 is 5.56 Å². The summed E-state index contributed by atoms with van der Waals surface area (Å²) in [4.78, 5) is 20.7. The highest BCUT2D eigenvalue weighted by atomic mass is 79.9. The molecule has 0 amide bonds. The number of hydrogen-bond donors (Lipinski definition) is 0. The lowest BCUT2D eigenvalue weighted by molar-refractivity contribution is 0.476. The molecule has 3 heterocycles. The molecule has 3 aromatic heterocycles. The number of benzene rings is 1. The first-order valence-electron chi connectivity index (χ1n) is 9.64. The van der Waals surface area contributed by atoms with E-state index in [4.69, 9.17) is 9.40 Å². The number of furan rings is 1. The van der Waals surface area contributed by atoms with Gasteiger partial charge in [-0.3, -0.25) is 9.36 Å². The summed E-state index contributed by atoms with van der Waals surface area (Å²) in [7, 11) is 0. The zero-order valence-electron chi connectivity index (χ0n) is 15.7. The van der Waals surface area contributed by atoms with E-state index < -0.39 is 0 Å². The highest BCUT2D eigenvalue weighted by Gasteiger charge is 2.22. The molecule has 0 atom stereocenters. The summed E-state index contributed by atoms with van der Waals surface area (Å²) in [5.74, 6) is 1.52. The van der Waals surface area contributed by atoms with Crippen LogP contribution in [0, 0.1) is 0 Å². The summed E-state index contributed by atoms with van der Waals surface area (Å²) in [5, 5.41) is 1.57. The standard InChI is InChI=1S/C22H19BrN2O2S2/c23-15-9-7-14(8-10-15)13-28-22-24-20-19(17-5-1-2-6-18(17)29-20)21(26)25(22)12-16-4-3-11-27-16/h3-4,7-11H,1-2,5-6,12-13H2. The molecule has 1 aromatic carbocycles. The van der Waals surface area contributed by atoms with Crippen molar-refractivity contribution in [1.29, 1.82) is 0 Å². The number of nitrogens with zero attached hydrogens (tertiary/aromatic N) is 2. The monoisotopic (exact) mass is 486 g/mol. The van der Waals surface area contributed by atoms with Gasteiger partial charge in [-0.2, -0.15) is 0 Å². The molecule has 29 heavy (non-hydrogen) atoms. The van der Waals surface area contributed by atoms with Gasteiger partial charge in [-0.05, 0) is 61.1 Å². The van der Waals surface area contributed by atoms with Crippen LogP contribution in [0.25, 0.3) is 10.2 Å². The maximum Gasteiger partial charge on any atom is 0.263 e. The van der Waals surface area contributed by atoms with Gasteiger partial charge in [0.25, 0.3) is 5.56 Å². The van der Waals surface area contributed by atoms with E-state index in [0.717, 1.165) is 50.6 Å². The molecule has 0 bridgehead atoms. The average molecular weight is 487 g/mol. The van der Waals surface area contributed by atoms with E-state index in [9.17, 15) is 4.79 Å². The van der Waals surface area contributed by atoms with Crippen LogP contribution in [0.4, 0.5) is 0 Å². The summed E-state index contributed by atoms with van der Waals surface area (Å²) < 4.78 is 8.37.